The second-order valence-electron chi connectivity index (χ2n) is 3.89. The van der Waals surface area contributed by atoms with Crippen LogP contribution in [0.25, 0.3) is 0 Å². The summed E-state index contributed by atoms with van der Waals surface area (Å²) in [6.45, 7) is 4.03. The zero-order valence-electron chi connectivity index (χ0n) is 9.70. The Morgan fingerprint density at radius 1 is 1.41 bits per heavy atom. The Hall–Kier alpha value is -0.820. The van der Waals surface area contributed by atoms with E-state index in [1.807, 2.05) is 18.2 Å². The van der Waals surface area contributed by atoms with Gasteiger partial charge in [0.25, 0.3) is 0 Å². The van der Waals surface area contributed by atoms with Gasteiger partial charge in [0.2, 0.25) is 0 Å². The Bertz CT molecular complexity index is 417. The van der Waals surface area contributed by atoms with Gasteiger partial charge in [0.15, 0.2) is 0 Å². The second-order valence-corrected chi connectivity index (χ2v) is 5.06. The molecule has 2 rings (SSSR count). The molecule has 0 atom stereocenters. The molecule has 17 heavy (non-hydrogen) atoms. The van der Waals surface area contributed by atoms with Crippen LogP contribution in [-0.2, 0) is 4.74 Å². The Morgan fingerprint density at radius 2 is 2.12 bits per heavy atom. The number of piperazine rings is 1. The zero-order chi connectivity index (χ0) is 12.3. The zero-order valence-corrected chi connectivity index (χ0v) is 11.9. The maximum atomic E-state index is 11.4. The number of nitrogens with one attached hydrogen (secondary N) is 1. The number of rotatable bonds is 2. The van der Waals surface area contributed by atoms with E-state index in [2.05, 4.69) is 32.8 Å². The van der Waals surface area contributed by atoms with Crippen molar-refractivity contribution in [1.29, 1.82) is 0 Å². The van der Waals surface area contributed by atoms with Crippen LogP contribution in [0.15, 0.2) is 18.2 Å². The molecule has 1 saturated heterocycles. The molecule has 0 aromatic heterocycles. The van der Waals surface area contributed by atoms with Crippen LogP contribution < -0.4 is 10.2 Å². The summed E-state index contributed by atoms with van der Waals surface area (Å²) in [6.07, 6.45) is 0. The number of ether oxygens (including phenoxy) is 1. The van der Waals surface area contributed by atoms with Crippen molar-refractivity contribution in [2.45, 2.75) is 0 Å². The van der Waals surface area contributed by atoms with E-state index in [1.165, 1.54) is 12.8 Å². The van der Waals surface area contributed by atoms with Crippen molar-refractivity contribution in [2.75, 3.05) is 38.2 Å². The van der Waals surface area contributed by atoms with E-state index < -0.39 is 0 Å². The number of esters is 1. The number of anilines is 1. The molecule has 1 N–H and O–H groups in total. The summed E-state index contributed by atoms with van der Waals surface area (Å²) in [4.78, 5) is 13.7. The first-order valence-electron chi connectivity index (χ1n) is 5.56. The van der Waals surface area contributed by atoms with Crippen LogP contribution in [0.5, 0.6) is 0 Å². The van der Waals surface area contributed by atoms with E-state index in [-0.39, 0.29) is 5.97 Å². The van der Waals surface area contributed by atoms with Crippen LogP contribution in [0.4, 0.5) is 5.69 Å². The summed E-state index contributed by atoms with van der Waals surface area (Å²) in [5.74, 6) is -0.283. The molecule has 0 radical (unpaired) electrons. The average Bonchev–Trinajstić information content (AvgIpc) is 2.38. The molecule has 0 unspecified atom stereocenters. The Labute approximate surface area is 114 Å². The largest absolute Gasteiger partial charge is 0.465 e. The topological polar surface area (TPSA) is 41.6 Å². The van der Waals surface area contributed by atoms with Gasteiger partial charge in [-0.3, -0.25) is 0 Å². The molecule has 4 nitrogen and oxygen atoms in total. The maximum absolute atomic E-state index is 11.4. The van der Waals surface area contributed by atoms with Crippen molar-refractivity contribution in [3.05, 3.63) is 27.3 Å². The molecule has 5 heteroatoms. The first kappa shape index (κ1) is 12.6. The van der Waals surface area contributed by atoms with Crippen molar-refractivity contribution in [3.8, 4) is 0 Å². The van der Waals surface area contributed by atoms with Crippen molar-refractivity contribution < 1.29 is 9.53 Å². The molecule has 1 heterocycles. The smallest absolute Gasteiger partial charge is 0.337 e. The fourth-order valence-electron chi connectivity index (χ4n) is 1.91. The Morgan fingerprint density at radius 3 is 2.71 bits per heavy atom. The van der Waals surface area contributed by atoms with E-state index in [0.717, 1.165) is 29.7 Å². The molecule has 1 fully saturated rings. The molecular weight excluding hydrogens is 331 g/mol. The summed E-state index contributed by atoms with van der Waals surface area (Å²) in [5, 5.41) is 3.32. The SMILES string of the molecule is COC(=O)c1ccc(N2CCNCC2)c(I)c1. The van der Waals surface area contributed by atoms with Gasteiger partial charge in [0.05, 0.1) is 18.4 Å². The highest BCUT2D eigenvalue weighted by atomic mass is 127. The predicted molar refractivity (Wildman–Crippen MR) is 75.6 cm³/mol. The van der Waals surface area contributed by atoms with Crippen molar-refractivity contribution in [2.24, 2.45) is 0 Å². The molecule has 1 aliphatic rings. The average molecular weight is 346 g/mol. The van der Waals surface area contributed by atoms with E-state index in [1.54, 1.807) is 0 Å². The highest BCUT2D eigenvalue weighted by molar-refractivity contribution is 14.1. The summed E-state index contributed by atoms with van der Waals surface area (Å²) in [7, 11) is 1.40. The third-order valence-corrected chi connectivity index (χ3v) is 3.69. The fraction of sp³-hybridized carbons (Fsp3) is 0.417. The van der Waals surface area contributed by atoms with Crippen molar-refractivity contribution >= 4 is 34.2 Å². The van der Waals surface area contributed by atoms with Crippen LogP contribution in [-0.4, -0.2) is 39.3 Å². The summed E-state index contributed by atoms with van der Waals surface area (Å²) in [6, 6.07) is 5.70. The Kier molecular flexibility index (Phi) is 4.22. The molecule has 0 amide bonds. The first-order valence-corrected chi connectivity index (χ1v) is 6.64. The molecule has 1 aliphatic heterocycles. The number of hydrogen-bond acceptors (Lipinski definition) is 4. The number of hydrogen-bond donors (Lipinski definition) is 1. The third kappa shape index (κ3) is 2.90. The Balaban J connectivity index is 2.21. The number of carbonyl (C=O) groups is 1. The number of halogens is 1. The number of benzene rings is 1. The van der Waals surface area contributed by atoms with Crippen molar-refractivity contribution in [1.82, 2.24) is 5.32 Å². The lowest BCUT2D eigenvalue weighted by Crippen LogP contribution is -2.43. The van der Waals surface area contributed by atoms with Gasteiger partial charge >= 0.3 is 5.97 Å². The van der Waals surface area contributed by atoms with Crippen LogP contribution in [0.3, 0.4) is 0 Å². The van der Waals surface area contributed by atoms with E-state index in [0.29, 0.717) is 5.56 Å². The molecule has 1 aromatic carbocycles. The monoisotopic (exact) mass is 346 g/mol. The summed E-state index contributed by atoms with van der Waals surface area (Å²) in [5.41, 5.74) is 1.80. The molecular formula is C12H15IN2O2. The highest BCUT2D eigenvalue weighted by Gasteiger charge is 2.15. The summed E-state index contributed by atoms with van der Waals surface area (Å²) >= 11 is 2.27. The van der Waals surface area contributed by atoms with Gasteiger partial charge in [-0.05, 0) is 40.8 Å². The molecule has 1 aromatic rings. The minimum Gasteiger partial charge on any atom is -0.465 e. The van der Waals surface area contributed by atoms with Crippen molar-refractivity contribution in [3.63, 3.8) is 0 Å². The molecule has 92 valence electrons. The van der Waals surface area contributed by atoms with Gasteiger partial charge in [-0.1, -0.05) is 0 Å². The molecule has 0 saturated carbocycles. The highest BCUT2D eigenvalue weighted by Crippen LogP contribution is 2.24. The van der Waals surface area contributed by atoms with Gasteiger partial charge in [0.1, 0.15) is 0 Å². The number of methoxy groups -OCH3 is 1. The number of carbonyl (C=O) groups excluding carboxylic acids is 1. The number of nitrogens with zero attached hydrogens (tertiary/aromatic N) is 1. The van der Waals surface area contributed by atoms with Gasteiger partial charge in [0, 0.05) is 29.7 Å². The van der Waals surface area contributed by atoms with E-state index in [9.17, 15) is 4.79 Å². The van der Waals surface area contributed by atoms with Gasteiger partial charge in [-0.25, -0.2) is 4.79 Å². The predicted octanol–water partition coefficient (Wildman–Crippen LogP) is 1.49. The lowest BCUT2D eigenvalue weighted by atomic mass is 10.2. The second kappa shape index (κ2) is 5.68. The summed E-state index contributed by atoms with van der Waals surface area (Å²) < 4.78 is 5.80. The van der Waals surface area contributed by atoms with Gasteiger partial charge < -0.3 is 15.0 Å². The van der Waals surface area contributed by atoms with E-state index in [4.69, 9.17) is 4.74 Å². The lowest BCUT2D eigenvalue weighted by molar-refractivity contribution is 0.0600. The third-order valence-electron chi connectivity index (χ3n) is 2.83. The first-order chi connectivity index (χ1) is 8.22. The van der Waals surface area contributed by atoms with Crippen LogP contribution in [0, 0.1) is 3.57 Å². The quantitative estimate of drug-likeness (QED) is 0.651. The normalized spacial score (nSPS) is 15.8. The van der Waals surface area contributed by atoms with Crippen LogP contribution >= 0.6 is 22.6 Å². The minimum atomic E-state index is -0.283. The van der Waals surface area contributed by atoms with E-state index >= 15 is 0 Å². The molecule has 0 spiro atoms. The lowest BCUT2D eigenvalue weighted by Gasteiger charge is -2.30. The van der Waals surface area contributed by atoms with Crippen LogP contribution in [0.2, 0.25) is 0 Å². The maximum Gasteiger partial charge on any atom is 0.337 e. The van der Waals surface area contributed by atoms with Gasteiger partial charge in [-0.15, -0.1) is 0 Å². The molecule has 0 aliphatic carbocycles. The van der Waals surface area contributed by atoms with Crippen LogP contribution in [0.1, 0.15) is 10.4 Å². The fourth-order valence-corrected chi connectivity index (χ4v) is 2.77. The van der Waals surface area contributed by atoms with Gasteiger partial charge in [-0.2, -0.15) is 0 Å². The molecule has 0 bridgehead atoms. The minimum absolute atomic E-state index is 0.283. The standard InChI is InChI=1S/C12H15IN2O2/c1-17-12(16)9-2-3-11(10(13)8-9)15-6-4-14-5-7-15/h2-3,8,14H,4-7H2,1H3.